The number of hydrogen-bond donors (Lipinski definition) is 2. The average Bonchev–Trinajstić information content (AvgIpc) is 2.22. The van der Waals surface area contributed by atoms with Crippen LogP contribution in [0.4, 0.5) is 0 Å². The van der Waals surface area contributed by atoms with Gasteiger partial charge in [0.05, 0.1) is 6.10 Å². The van der Waals surface area contributed by atoms with Crippen LogP contribution in [0.3, 0.4) is 0 Å². The van der Waals surface area contributed by atoms with Crippen molar-refractivity contribution < 1.29 is 14.7 Å². The lowest BCUT2D eigenvalue weighted by Gasteiger charge is -2.14. The fourth-order valence-corrected chi connectivity index (χ4v) is 1.05. The molecule has 14 heavy (non-hydrogen) atoms. The van der Waals surface area contributed by atoms with E-state index in [2.05, 4.69) is 5.16 Å². The number of methoxy groups -OCH3 is 1. The molecular weight excluding hydrogens is 184 g/mol. The van der Waals surface area contributed by atoms with Crippen LogP contribution >= 0.6 is 0 Å². The number of rotatable bonds is 8. The summed E-state index contributed by atoms with van der Waals surface area (Å²) in [5, 5.41) is 11.3. The van der Waals surface area contributed by atoms with E-state index in [0.29, 0.717) is 19.6 Å². The van der Waals surface area contributed by atoms with Gasteiger partial charge in [0, 0.05) is 26.7 Å². The van der Waals surface area contributed by atoms with Crippen LogP contribution in [0.1, 0.15) is 26.2 Å². The third-order valence-corrected chi connectivity index (χ3v) is 1.87. The van der Waals surface area contributed by atoms with Crippen molar-refractivity contribution in [2.24, 2.45) is 10.9 Å². The van der Waals surface area contributed by atoms with Gasteiger partial charge in [-0.25, -0.2) is 0 Å². The molecule has 0 aromatic heterocycles. The van der Waals surface area contributed by atoms with Gasteiger partial charge in [0.2, 0.25) is 0 Å². The van der Waals surface area contributed by atoms with Crippen molar-refractivity contribution in [2.45, 2.75) is 32.3 Å². The van der Waals surface area contributed by atoms with Crippen molar-refractivity contribution in [3.8, 4) is 0 Å². The van der Waals surface area contributed by atoms with Gasteiger partial charge in [-0.05, 0) is 12.8 Å². The first-order valence-electron chi connectivity index (χ1n) is 4.81. The largest absolute Gasteiger partial charge is 0.409 e. The summed E-state index contributed by atoms with van der Waals surface area (Å²) in [6.45, 7) is 3.34. The molecule has 0 saturated carbocycles. The summed E-state index contributed by atoms with van der Waals surface area (Å²) < 4.78 is 10.4. The molecule has 0 aromatic rings. The van der Waals surface area contributed by atoms with Crippen LogP contribution in [0.5, 0.6) is 0 Å². The molecule has 0 radical (unpaired) electrons. The van der Waals surface area contributed by atoms with Gasteiger partial charge in [-0.3, -0.25) is 0 Å². The van der Waals surface area contributed by atoms with E-state index in [0.717, 1.165) is 12.8 Å². The summed E-state index contributed by atoms with van der Waals surface area (Å²) in [4.78, 5) is 0. The molecule has 1 atom stereocenters. The summed E-state index contributed by atoms with van der Waals surface area (Å²) >= 11 is 0. The van der Waals surface area contributed by atoms with E-state index in [1.54, 1.807) is 7.11 Å². The Balaban J connectivity index is 3.58. The molecule has 0 amide bonds. The van der Waals surface area contributed by atoms with Crippen molar-refractivity contribution in [2.75, 3.05) is 20.3 Å². The molecule has 0 aliphatic heterocycles. The fourth-order valence-electron chi connectivity index (χ4n) is 1.05. The lowest BCUT2D eigenvalue weighted by molar-refractivity contribution is 0.0411. The minimum atomic E-state index is 0.0303. The van der Waals surface area contributed by atoms with Crippen LogP contribution in [0, 0.1) is 0 Å². The number of amidine groups is 1. The highest BCUT2D eigenvalue weighted by Crippen LogP contribution is 2.04. The smallest absolute Gasteiger partial charge is 0.141 e. The van der Waals surface area contributed by atoms with E-state index in [9.17, 15) is 0 Å². The quantitative estimate of drug-likeness (QED) is 0.203. The zero-order chi connectivity index (χ0) is 10.8. The van der Waals surface area contributed by atoms with Crippen LogP contribution in [0.2, 0.25) is 0 Å². The molecule has 0 aliphatic carbocycles. The maximum absolute atomic E-state index is 8.38. The fraction of sp³-hybridized carbons (Fsp3) is 0.889. The number of oxime groups is 1. The number of nitrogens with zero attached hydrogens (tertiary/aromatic N) is 1. The van der Waals surface area contributed by atoms with Crippen LogP contribution in [0.25, 0.3) is 0 Å². The monoisotopic (exact) mass is 204 g/mol. The molecule has 84 valence electrons. The van der Waals surface area contributed by atoms with Gasteiger partial charge >= 0.3 is 0 Å². The maximum Gasteiger partial charge on any atom is 0.141 e. The van der Waals surface area contributed by atoms with E-state index in [1.165, 1.54) is 0 Å². The predicted octanol–water partition coefficient (Wildman–Crippen LogP) is 0.955. The second-order valence-corrected chi connectivity index (χ2v) is 3.04. The Hall–Kier alpha value is -0.810. The second-order valence-electron chi connectivity index (χ2n) is 3.04. The summed E-state index contributed by atoms with van der Waals surface area (Å²) in [6, 6.07) is 0. The van der Waals surface area contributed by atoms with E-state index >= 15 is 0 Å². The van der Waals surface area contributed by atoms with Gasteiger partial charge in [0.1, 0.15) is 5.84 Å². The van der Waals surface area contributed by atoms with E-state index in [4.69, 9.17) is 20.4 Å². The first-order chi connectivity index (χ1) is 6.74. The van der Waals surface area contributed by atoms with Gasteiger partial charge in [0.15, 0.2) is 0 Å². The van der Waals surface area contributed by atoms with Gasteiger partial charge in [0.25, 0.3) is 0 Å². The SMILES string of the molecule is CCC(C/C(N)=N/O)OCCCOC. The molecule has 3 N–H and O–H groups in total. The highest BCUT2D eigenvalue weighted by Gasteiger charge is 2.08. The van der Waals surface area contributed by atoms with Gasteiger partial charge in [-0.15, -0.1) is 0 Å². The molecular formula is C9H20N2O3. The number of ether oxygens (including phenoxy) is 2. The molecule has 0 fully saturated rings. The molecule has 0 heterocycles. The topological polar surface area (TPSA) is 77.1 Å². The van der Waals surface area contributed by atoms with Crippen molar-refractivity contribution in [1.29, 1.82) is 0 Å². The van der Waals surface area contributed by atoms with Crippen LogP contribution < -0.4 is 5.73 Å². The zero-order valence-corrected chi connectivity index (χ0v) is 8.90. The zero-order valence-electron chi connectivity index (χ0n) is 8.90. The summed E-state index contributed by atoms with van der Waals surface area (Å²) in [5.74, 6) is 0.212. The van der Waals surface area contributed by atoms with E-state index in [1.807, 2.05) is 6.92 Å². The molecule has 0 aliphatic rings. The molecule has 0 saturated heterocycles. The van der Waals surface area contributed by atoms with Crippen molar-refractivity contribution in [3.63, 3.8) is 0 Å². The van der Waals surface area contributed by atoms with Gasteiger partial charge in [-0.1, -0.05) is 12.1 Å². The van der Waals surface area contributed by atoms with E-state index < -0.39 is 0 Å². The first-order valence-corrected chi connectivity index (χ1v) is 4.81. The standard InChI is InChI=1S/C9H20N2O3/c1-3-8(7-9(10)11-12)14-6-4-5-13-2/h8,12H,3-7H2,1-2H3,(H2,10,11). The minimum Gasteiger partial charge on any atom is -0.409 e. The lowest BCUT2D eigenvalue weighted by Crippen LogP contribution is -2.23. The Morgan fingerprint density at radius 3 is 2.71 bits per heavy atom. The third kappa shape index (κ3) is 6.68. The van der Waals surface area contributed by atoms with Gasteiger partial charge < -0.3 is 20.4 Å². The second kappa shape index (κ2) is 8.77. The molecule has 5 nitrogen and oxygen atoms in total. The molecule has 1 unspecified atom stereocenters. The van der Waals surface area contributed by atoms with Crippen molar-refractivity contribution in [3.05, 3.63) is 0 Å². The predicted molar refractivity (Wildman–Crippen MR) is 54.5 cm³/mol. The van der Waals surface area contributed by atoms with Crippen LogP contribution in [-0.4, -0.2) is 37.5 Å². The summed E-state index contributed by atoms with van der Waals surface area (Å²) in [5.41, 5.74) is 5.38. The number of hydrogen-bond acceptors (Lipinski definition) is 4. The molecule has 0 aromatic carbocycles. The molecule has 0 spiro atoms. The highest BCUT2D eigenvalue weighted by atomic mass is 16.5. The van der Waals surface area contributed by atoms with Crippen molar-refractivity contribution >= 4 is 5.84 Å². The lowest BCUT2D eigenvalue weighted by atomic mass is 10.2. The number of nitrogens with two attached hydrogens (primary N) is 1. The Morgan fingerprint density at radius 1 is 1.50 bits per heavy atom. The third-order valence-electron chi connectivity index (χ3n) is 1.87. The van der Waals surface area contributed by atoms with Crippen molar-refractivity contribution in [1.82, 2.24) is 0 Å². The minimum absolute atomic E-state index is 0.0303. The Kier molecular flexibility index (Phi) is 8.27. The first kappa shape index (κ1) is 13.2. The molecule has 5 heteroatoms. The Morgan fingerprint density at radius 2 is 2.21 bits per heavy atom. The van der Waals surface area contributed by atoms with Crippen LogP contribution in [-0.2, 0) is 9.47 Å². The summed E-state index contributed by atoms with van der Waals surface area (Å²) in [6.07, 6.45) is 2.22. The molecule has 0 bridgehead atoms. The molecule has 0 rings (SSSR count). The van der Waals surface area contributed by atoms with E-state index in [-0.39, 0.29) is 11.9 Å². The Labute approximate surface area is 84.9 Å². The van der Waals surface area contributed by atoms with Crippen LogP contribution in [0.15, 0.2) is 5.16 Å². The normalized spacial score (nSPS) is 14.3. The maximum atomic E-state index is 8.38. The highest BCUT2D eigenvalue weighted by molar-refractivity contribution is 5.80. The Bertz CT molecular complexity index is 162. The van der Waals surface area contributed by atoms with Gasteiger partial charge in [-0.2, -0.15) is 0 Å². The summed E-state index contributed by atoms with van der Waals surface area (Å²) in [7, 11) is 1.66. The average molecular weight is 204 g/mol.